The lowest BCUT2D eigenvalue weighted by Gasteiger charge is -2.03. The summed E-state index contributed by atoms with van der Waals surface area (Å²) < 4.78 is 4.72. The number of aliphatic hydroxyl groups excluding tert-OH is 1. The molecule has 0 spiro atoms. The average Bonchev–Trinajstić information content (AvgIpc) is 2.98. The molecule has 0 fully saturated rings. The van der Waals surface area contributed by atoms with E-state index in [0.29, 0.717) is 6.42 Å². The number of hydrogen-bond donors (Lipinski definition) is 1. The lowest BCUT2D eigenvalue weighted by Crippen LogP contribution is -2.12. The zero-order valence-electron chi connectivity index (χ0n) is 9.75. The van der Waals surface area contributed by atoms with Crippen molar-refractivity contribution in [2.24, 2.45) is 5.92 Å². The standard InChI is InChI=1S/C12H20O3/c1-4-6-7-8-10(9(13)5-2)11(8)12(14)15-3/h9,11,13H,4-7H2,1-3H3. The number of carbonyl (C=O) groups excluding carboxylic acids is 1. The van der Waals surface area contributed by atoms with Crippen LogP contribution < -0.4 is 0 Å². The molecule has 0 bridgehead atoms. The van der Waals surface area contributed by atoms with Gasteiger partial charge in [0.1, 0.15) is 5.92 Å². The highest BCUT2D eigenvalue weighted by Crippen LogP contribution is 2.46. The van der Waals surface area contributed by atoms with Crippen LogP contribution in [-0.4, -0.2) is 24.3 Å². The first kappa shape index (κ1) is 12.2. The predicted molar refractivity (Wildman–Crippen MR) is 58.4 cm³/mol. The van der Waals surface area contributed by atoms with Crippen LogP contribution in [0.25, 0.3) is 0 Å². The van der Waals surface area contributed by atoms with Crippen molar-refractivity contribution < 1.29 is 14.6 Å². The highest BCUT2D eigenvalue weighted by molar-refractivity contribution is 5.86. The van der Waals surface area contributed by atoms with Gasteiger partial charge in [-0.1, -0.05) is 20.3 Å². The molecule has 1 aliphatic carbocycles. The Labute approximate surface area is 91.1 Å². The minimum atomic E-state index is -0.457. The fourth-order valence-electron chi connectivity index (χ4n) is 1.96. The van der Waals surface area contributed by atoms with E-state index in [-0.39, 0.29) is 11.9 Å². The molecule has 0 heterocycles. The molecule has 2 unspecified atom stereocenters. The Bertz CT molecular complexity index is 268. The van der Waals surface area contributed by atoms with Crippen molar-refractivity contribution in [2.45, 2.75) is 45.6 Å². The molecule has 1 N–H and O–H groups in total. The van der Waals surface area contributed by atoms with Gasteiger partial charge in [-0.25, -0.2) is 0 Å². The molecular weight excluding hydrogens is 192 g/mol. The van der Waals surface area contributed by atoms with Crippen molar-refractivity contribution in [3.63, 3.8) is 0 Å². The monoisotopic (exact) mass is 212 g/mol. The van der Waals surface area contributed by atoms with E-state index in [4.69, 9.17) is 4.74 Å². The van der Waals surface area contributed by atoms with Crippen LogP contribution in [0, 0.1) is 5.92 Å². The summed E-state index contributed by atoms with van der Waals surface area (Å²) >= 11 is 0. The molecule has 15 heavy (non-hydrogen) atoms. The van der Waals surface area contributed by atoms with Gasteiger partial charge in [-0.05, 0) is 30.4 Å². The first-order valence-electron chi connectivity index (χ1n) is 5.66. The SMILES string of the molecule is CCCCC1=C(C(O)CC)C1C(=O)OC. The van der Waals surface area contributed by atoms with Crippen LogP contribution in [-0.2, 0) is 9.53 Å². The van der Waals surface area contributed by atoms with Gasteiger partial charge in [0.15, 0.2) is 0 Å². The third-order valence-corrected chi connectivity index (χ3v) is 2.93. The van der Waals surface area contributed by atoms with E-state index in [1.807, 2.05) is 6.92 Å². The molecule has 0 aromatic rings. The minimum Gasteiger partial charge on any atom is -0.468 e. The molecule has 3 heteroatoms. The molecular formula is C12H20O3. The Morgan fingerprint density at radius 3 is 2.67 bits per heavy atom. The quantitative estimate of drug-likeness (QED) is 0.541. The topological polar surface area (TPSA) is 46.5 Å². The summed E-state index contributed by atoms with van der Waals surface area (Å²) in [5.41, 5.74) is 2.02. The molecule has 0 aromatic carbocycles. The molecule has 0 saturated heterocycles. The summed E-state index contributed by atoms with van der Waals surface area (Å²) in [5, 5.41) is 9.72. The van der Waals surface area contributed by atoms with Gasteiger partial charge in [-0.3, -0.25) is 4.79 Å². The summed E-state index contributed by atoms with van der Waals surface area (Å²) in [7, 11) is 1.40. The minimum absolute atomic E-state index is 0.212. The van der Waals surface area contributed by atoms with Crippen LogP contribution in [0.4, 0.5) is 0 Å². The average molecular weight is 212 g/mol. The highest BCUT2D eigenvalue weighted by atomic mass is 16.5. The molecule has 0 amide bonds. The zero-order chi connectivity index (χ0) is 11.4. The number of carbonyl (C=O) groups is 1. The van der Waals surface area contributed by atoms with E-state index >= 15 is 0 Å². The lowest BCUT2D eigenvalue weighted by molar-refractivity contribution is -0.141. The van der Waals surface area contributed by atoms with E-state index in [0.717, 1.165) is 30.4 Å². The first-order chi connectivity index (χ1) is 7.17. The Kier molecular flexibility index (Phi) is 4.33. The zero-order valence-corrected chi connectivity index (χ0v) is 9.75. The number of aliphatic hydroxyl groups is 1. The van der Waals surface area contributed by atoms with Crippen molar-refractivity contribution in [1.82, 2.24) is 0 Å². The van der Waals surface area contributed by atoms with Crippen LogP contribution in [0.15, 0.2) is 11.1 Å². The van der Waals surface area contributed by atoms with Crippen molar-refractivity contribution >= 4 is 5.97 Å². The Morgan fingerprint density at radius 2 is 2.20 bits per heavy atom. The van der Waals surface area contributed by atoms with Gasteiger partial charge in [0, 0.05) is 0 Å². The molecule has 1 aliphatic rings. The molecule has 0 aromatic heterocycles. The van der Waals surface area contributed by atoms with E-state index in [9.17, 15) is 9.90 Å². The highest BCUT2D eigenvalue weighted by Gasteiger charge is 2.45. The van der Waals surface area contributed by atoms with Crippen LogP contribution >= 0.6 is 0 Å². The van der Waals surface area contributed by atoms with Gasteiger partial charge < -0.3 is 9.84 Å². The second-order valence-corrected chi connectivity index (χ2v) is 3.96. The number of rotatable bonds is 6. The van der Waals surface area contributed by atoms with Crippen LogP contribution in [0.3, 0.4) is 0 Å². The maximum Gasteiger partial charge on any atom is 0.317 e. The van der Waals surface area contributed by atoms with Gasteiger partial charge in [0.25, 0.3) is 0 Å². The second-order valence-electron chi connectivity index (χ2n) is 3.96. The number of hydrogen-bond acceptors (Lipinski definition) is 3. The lowest BCUT2D eigenvalue weighted by atomic mass is 10.1. The van der Waals surface area contributed by atoms with Crippen molar-refractivity contribution in [1.29, 1.82) is 0 Å². The molecule has 0 aliphatic heterocycles. The maximum atomic E-state index is 11.4. The van der Waals surface area contributed by atoms with Crippen LogP contribution in [0.1, 0.15) is 39.5 Å². The second kappa shape index (κ2) is 5.31. The summed E-state index contributed by atoms with van der Waals surface area (Å²) in [5.74, 6) is -0.430. The fourth-order valence-corrected chi connectivity index (χ4v) is 1.96. The van der Waals surface area contributed by atoms with E-state index in [2.05, 4.69) is 6.92 Å². The normalized spacial score (nSPS) is 21.5. The fraction of sp³-hybridized carbons (Fsp3) is 0.750. The first-order valence-corrected chi connectivity index (χ1v) is 5.66. The predicted octanol–water partition coefficient (Wildman–Crippen LogP) is 2.05. The maximum absolute atomic E-state index is 11.4. The molecule has 0 saturated carbocycles. The van der Waals surface area contributed by atoms with Gasteiger partial charge in [-0.15, -0.1) is 0 Å². The molecule has 86 valence electrons. The molecule has 0 radical (unpaired) electrons. The van der Waals surface area contributed by atoms with Gasteiger partial charge >= 0.3 is 5.97 Å². The van der Waals surface area contributed by atoms with E-state index in [1.165, 1.54) is 7.11 Å². The largest absolute Gasteiger partial charge is 0.468 e. The molecule has 3 nitrogen and oxygen atoms in total. The van der Waals surface area contributed by atoms with E-state index in [1.54, 1.807) is 0 Å². The van der Waals surface area contributed by atoms with Crippen LogP contribution in [0.2, 0.25) is 0 Å². The molecule has 2 atom stereocenters. The Balaban J connectivity index is 2.60. The smallest absolute Gasteiger partial charge is 0.317 e. The Morgan fingerprint density at radius 1 is 1.53 bits per heavy atom. The number of methoxy groups -OCH3 is 1. The summed E-state index contributed by atoms with van der Waals surface area (Å²) in [6.45, 7) is 4.04. The third kappa shape index (κ3) is 2.59. The summed E-state index contributed by atoms with van der Waals surface area (Å²) in [6, 6.07) is 0. The Hall–Kier alpha value is -0.830. The number of unbranched alkanes of at least 4 members (excludes halogenated alkanes) is 1. The number of esters is 1. The van der Waals surface area contributed by atoms with Crippen molar-refractivity contribution in [2.75, 3.05) is 7.11 Å². The van der Waals surface area contributed by atoms with Gasteiger partial charge in [0.05, 0.1) is 13.2 Å². The summed E-state index contributed by atoms with van der Waals surface area (Å²) in [6.07, 6.45) is 3.30. The van der Waals surface area contributed by atoms with Crippen molar-refractivity contribution in [3.8, 4) is 0 Å². The van der Waals surface area contributed by atoms with Crippen molar-refractivity contribution in [3.05, 3.63) is 11.1 Å². The summed E-state index contributed by atoms with van der Waals surface area (Å²) in [4.78, 5) is 11.4. The molecule has 1 rings (SSSR count). The van der Waals surface area contributed by atoms with Crippen LogP contribution in [0.5, 0.6) is 0 Å². The number of ether oxygens (including phenoxy) is 1. The van der Waals surface area contributed by atoms with E-state index < -0.39 is 6.10 Å². The van der Waals surface area contributed by atoms with Gasteiger partial charge in [-0.2, -0.15) is 0 Å². The third-order valence-electron chi connectivity index (χ3n) is 2.93. The van der Waals surface area contributed by atoms with Gasteiger partial charge in [0.2, 0.25) is 0 Å².